The molecule has 0 bridgehead atoms. The molecule has 0 fully saturated rings. The highest BCUT2D eigenvalue weighted by molar-refractivity contribution is 7.99. The average Bonchev–Trinajstić information content (AvgIpc) is 2.38. The van der Waals surface area contributed by atoms with Gasteiger partial charge in [0.15, 0.2) is 0 Å². The monoisotopic (exact) mass is 286 g/mol. The molecule has 2 aromatic heterocycles. The van der Waals surface area contributed by atoms with Gasteiger partial charge in [-0.25, -0.2) is 9.97 Å². The minimum atomic E-state index is -4.37. The molecule has 0 spiro atoms. The lowest BCUT2D eigenvalue weighted by Crippen LogP contribution is -2.05. The van der Waals surface area contributed by atoms with Crippen LogP contribution < -0.4 is 5.32 Å². The summed E-state index contributed by atoms with van der Waals surface area (Å²) in [4.78, 5) is 11.9. The summed E-state index contributed by atoms with van der Waals surface area (Å²) >= 11 is 1.14. The van der Waals surface area contributed by atoms with Gasteiger partial charge in [0.05, 0.1) is 18.0 Å². The fraction of sp³-hybridized carbons (Fsp3) is 0.182. The third-order valence-electron chi connectivity index (χ3n) is 2.14. The summed E-state index contributed by atoms with van der Waals surface area (Å²) in [5, 5.41) is 3.81. The number of rotatable bonds is 3. The van der Waals surface area contributed by atoms with Crippen LogP contribution in [-0.2, 0) is 6.18 Å². The SMILES string of the molecule is CNc1cncc(Sc2ccc(C(F)(F)F)cn2)n1. The number of nitrogens with one attached hydrogen (secondary N) is 1. The van der Waals surface area contributed by atoms with Crippen LogP contribution in [0.3, 0.4) is 0 Å². The summed E-state index contributed by atoms with van der Waals surface area (Å²) in [5.74, 6) is 0.580. The maximum absolute atomic E-state index is 12.4. The minimum absolute atomic E-state index is 0.426. The lowest BCUT2D eigenvalue weighted by atomic mass is 10.3. The lowest BCUT2D eigenvalue weighted by Gasteiger charge is -2.06. The zero-order valence-corrected chi connectivity index (χ0v) is 10.6. The average molecular weight is 286 g/mol. The second-order valence-corrected chi connectivity index (χ2v) is 4.52. The summed E-state index contributed by atoms with van der Waals surface area (Å²) in [6.07, 6.45) is -0.505. The van der Waals surface area contributed by atoms with Crippen molar-refractivity contribution < 1.29 is 13.2 Å². The Morgan fingerprint density at radius 3 is 2.47 bits per heavy atom. The van der Waals surface area contributed by atoms with Crippen LogP contribution in [0.4, 0.5) is 19.0 Å². The van der Waals surface area contributed by atoms with Crippen molar-refractivity contribution in [3.63, 3.8) is 0 Å². The van der Waals surface area contributed by atoms with Gasteiger partial charge >= 0.3 is 6.18 Å². The van der Waals surface area contributed by atoms with Gasteiger partial charge < -0.3 is 5.32 Å². The summed E-state index contributed by atoms with van der Waals surface area (Å²) in [7, 11) is 1.70. The molecule has 4 nitrogen and oxygen atoms in total. The van der Waals surface area contributed by atoms with E-state index in [4.69, 9.17) is 0 Å². The molecule has 19 heavy (non-hydrogen) atoms. The quantitative estimate of drug-likeness (QED) is 0.939. The largest absolute Gasteiger partial charge is 0.417 e. The van der Waals surface area contributed by atoms with Crippen molar-refractivity contribution >= 4 is 17.6 Å². The summed E-state index contributed by atoms with van der Waals surface area (Å²) < 4.78 is 37.1. The fourth-order valence-corrected chi connectivity index (χ4v) is 1.95. The van der Waals surface area contributed by atoms with E-state index < -0.39 is 11.7 Å². The van der Waals surface area contributed by atoms with Crippen LogP contribution in [0.15, 0.2) is 40.8 Å². The van der Waals surface area contributed by atoms with Crippen LogP contribution in [0.2, 0.25) is 0 Å². The Morgan fingerprint density at radius 1 is 1.11 bits per heavy atom. The van der Waals surface area contributed by atoms with Gasteiger partial charge in [-0.05, 0) is 23.9 Å². The Hall–Kier alpha value is -1.83. The van der Waals surface area contributed by atoms with Crippen LogP contribution >= 0.6 is 11.8 Å². The Bertz CT molecular complexity index is 557. The number of hydrogen-bond acceptors (Lipinski definition) is 5. The molecule has 2 heterocycles. The molecular formula is C11H9F3N4S. The molecule has 0 amide bonds. The van der Waals surface area contributed by atoms with Crippen molar-refractivity contribution in [2.45, 2.75) is 16.2 Å². The maximum atomic E-state index is 12.4. The van der Waals surface area contributed by atoms with E-state index in [1.54, 1.807) is 13.2 Å². The van der Waals surface area contributed by atoms with E-state index >= 15 is 0 Å². The molecule has 8 heteroatoms. The number of alkyl halides is 3. The molecule has 0 aliphatic rings. The van der Waals surface area contributed by atoms with Crippen LogP contribution in [0, 0.1) is 0 Å². The molecule has 1 N–H and O–H groups in total. The van der Waals surface area contributed by atoms with Crippen molar-refractivity contribution in [1.82, 2.24) is 15.0 Å². The van der Waals surface area contributed by atoms with Crippen LogP contribution in [-0.4, -0.2) is 22.0 Å². The van der Waals surface area contributed by atoms with Gasteiger partial charge in [-0.2, -0.15) is 13.2 Å². The number of halogens is 3. The zero-order valence-electron chi connectivity index (χ0n) is 9.77. The topological polar surface area (TPSA) is 50.7 Å². The molecule has 0 aliphatic heterocycles. The second kappa shape index (κ2) is 5.43. The molecule has 0 aliphatic carbocycles. The predicted octanol–water partition coefficient (Wildman–Crippen LogP) is 3.08. The van der Waals surface area contributed by atoms with Crippen molar-refractivity contribution in [3.05, 3.63) is 36.3 Å². The first-order valence-electron chi connectivity index (χ1n) is 5.20. The van der Waals surface area contributed by atoms with E-state index in [2.05, 4.69) is 20.3 Å². The number of aromatic nitrogens is 3. The summed E-state index contributed by atoms with van der Waals surface area (Å²) in [6, 6.07) is 2.30. The van der Waals surface area contributed by atoms with E-state index in [1.807, 2.05) is 0 Å². The smallest absolute Gasteiger partial charge is 0.372 e. The van der Waals surface area contributed by atoms with Gasteiger partial charge in [0.1, 0.15) is 15.9 Å². The minimum Gasteiger partial charge on any atom is -0.372 e. The molecule has 0 saturated heterocycles. The van der Waals surface area contributed by atoms with Crippen molar-refractivity contribution in [2.75, 3.05) is 12.4 Å². The third kappa shape index (κ3) is 3.57. The van der Waals surface area contributed by atoms with Crippen molar-refractivity contribution in [1.29, 1.82) is 0 Å². The first-order chi connectivity index (χ1) is 8.99. The van der Waals surface area contributed by atoms with E-state index in [0.717, 1.165) is 24.0 Å². The molecular weight excluding hydrogens is 277 g/mol. The molecule has 100 valence electrons. The lowest BCUT2D eigenvalue weighted by molar-refractivity contribution is -0.137. The number of pyridine rings is 1. The summed E-state index contributed by atoms with van der Waals surface area (Å²) in [5.41, 5.74) is -0.771. The highest BCUT2D eigenvalue weighted by Crippen LogP contribution is 2.30. The van der Waals surface area contributed by atoms with Crippen LogP contribution in [0.1, 0.15) is 5.56 Å². The van der Waals surface area contributed by atoms with Gasteiger partial charge in [-0.3, -0.25) is 4.98 Å². The summed E-state index contributed by atoms with van der Waals surface area (Å²) in [6.45, 7) is 0. The van der Waals surface area contributed by atoms with Crippen molar-refractivity contribution in [2.24, 2.45) is 0 Å². The maximum Gasteiger partial charge on any atom is 0.417 e. The van der Waals surface area contributed by atoms with Crippen molar-refractivity contribution in [3.8, 4) is 0 Å². The molecule has 0 atom stereocenters. The van der Waals surface area contributed by atoms with Gasteiger partial charge in [-0.15, -0.1) is 0 Å². The van der Waals surface area contributed by atoms with Gasteiger partial charge in [0.25, 0.3) is 0 Å². The van der Waals surface area contributed by atoms with Gasteiger partial charge in [0.2, 0.25) is 0 Å². The number of hydrogen-bond donors (Lipinski definition) is 1. The molecule has 0 radical (unpaired) electrons. The van der Waals surface area contributed by atoms with Crippen LogP contribution in [0.25, 0.3) is 0 Å². The van der Waals surface area contributed by atoms with Gasteiger partial charge in [-0.1, -0.05) is 0 Å². The zero-order chi connectivity index (χ0) is 13.9. The molecule has 0 saturated carbocycles. The highest BCUT2D eigenvalue weighted by Gasteiger charge is 2.30. The molecule has 0 unspecified atom stereocenters. The Balaban J connectivity index is 2.15. The highest BCUT2D eigenvalue weighted by atomic mass is 32.2. The number of anilines is 1. The predicted molar refractivity (Wildman–Crippen MR) is 64.9 cm³/mol. The first-order valence-corrected chi connectivity index (χ1v) is 6.01. The second-order valence-electron chi connectivity index (χ2n) is 3.48. The Kier molecular flexibility index (Phi) is 3.89. The van der Waals surface area contributed by atoms with E-state index in [1.165, 1.54) is 12.3 Å². The van der Waals surface area contributed by atoms with Crippen LogP contribution in [0.5, 0.6) is 0 Å². The van der Waals surface area contributed by atoms with Gasteiger partial charge in [0, 0.05) is 13.2 Å². The normalized spacial score (nSPS) is 11.4. The fourth-order valence-electron chi connectivity index (χ4n) is 1.23. The molecule has 2 aromatic rings. The molecule has 2 rings (SSSR count). The molecule has 0 aromatic carbocycles. The Morgan fingerprint density at radius 2 is 1.89 bits per heavy atom. The van der Waals surface area contributed by atoms with E-state index in [9.17, 15) is 13.2 Å². The van der Waals surface area contributed by atoms with E-state index in [-0.39, 0.29) is 0 Å². The Labute approximate surface area is 111 Å². The number of nitrogens with zero attached hydrogens (tertiary/aromatic N) is 3. The first kappa shape index (κ1) is 13.6. The third-order valence-corrected chi connectivity index (χ3v) is 3.00. The van der Waals surface area contributed by atoms with E-state index in [0.29, 0.717) is 15.9 Å². The standard InChI is InChI=1S/C11H9F3N4S/c1-15-8-5-16-6-10(18-8)19-9-3-2-7(4-17-9)11(12,13)14/h2-6H,1H3,(H,15,18).